The smallest absolute Gasteiger partial charge is 0.182 e. The van der Waals surface area contributed by atoms with Crippen LogP contribution in [-0.4, -0.2) is 20.9 Å². The molecule has 0 spiro atoms. The molecule has 0 radical (unpaired) electrons. The van der Waals surface area contributed by atoms with Crippen molar-refractivity contribution >= 4 is 39.5 Å². The van der Waals surface area contributed by atoms with Crippen molar-refractivity contribution in [3.8, 4) is 11.4 Å². The second-order valence-electron chi connectivity index (χ2n) is 4.36. The highest BCUT2D eigenvalue weighted by Crippen LogP contribution is 2.28. The van der Waals surface area contributed by atoms with Gasteiger partial charge in [0, 0.05) is 21.8 Å². The lowest BCUT2D eigenvalue weighted by atomic mass is 10.1. The van der Waals surface area contributed by atoms with E-state index in [0.29, 0.717) is 22.1 Å². The lowest BCUT2D eigenvalue weighted by Crippen LogP contribution is -1.92. The molecule has 0 N–H and O–H groups in total. The van der Waals surface area contributed by atoms with Crippen LogP contribution in [0.2, 0.25) is 5.02 Å². The monoisotopic (exact) mass is 349 g/mol. The summed E-state index contributed by atoms with van der Waals surface area (Å²) in [6.07, 6.45) is 2.34. The van der Waals surface area contributed by atoms with Crippen LogP contribution in [0, 0.1) is 6.92 Å². The van der Waals surface area contributed by atoms with E-state index in [2.05, 4.69) is 26.0 Å². The molecule has 3 rings (SSSR count). The van der Waals surface area contributed by atoms with Gasteiger partial charge in [-0.25, -0.2) is 9.50 Å². The Hall–Kier alpha value is -1.72. The number of aldehydes is 1. The quantitative estimate of drug-likeness (QED) is 0.658. The number of benzene rings is 1. The minimum absolute atomic E-state index is 0.404. The predicted molar refractivity (Wildman–Crippen MR) is 81.3 cm³/mol. The highest BCUT2D eigenvalue weighted by atomic mass is 79.9. The molecule has 0 atom stereocenters. The van der Waals surface area contributed by atoms with Crippen LogP contribution in [-0.2, 0) is 0 Å². The Bertz CT molecular complexity index is 829. The van der Waals surface area contributed by atoms with E-state index in [1.807, 2.05) is 25.1 Å². The predicted octanol–water partition coefficient (Wildman–Crippen LogP) is 3.93. The Morgan fingerprint density at radius 3 is 2.95 bits per heavy atom. The van der Waals surface area contributed by atoms with Gasteiger partial charge in [-0.3, -0.25) is 4.79 Å². The fourth-order valence-corrected chi connectivity index (χ4v) is 2.61. The Morgan fingerprint density at radius 1 is 1.40 bits per heavy atom. The molecule has 3 aromatic rings. The SMILES string of the molecule is Cc1c(Br)cccc1-c1nc2c(Cl)cc(C=O)cn2n1. The molecule has 2 heterocycles. The topological polar surface area (TPSA) is 47.3 Å². The van der Waals surface area contributed by atoms with Crippen molar-refractivity contribution in [1.29, 1.82) is 0 Å². The normalized spacial score (nSPS) is 10.9. The molecule has 0 aliphatic rings. The molecule has 0 saturated carbocycles. The van der Waals surface area contributed by atoms with Crippen molar-refractivity contribution in [2.24, 2.45) is 0 Å². The van der Waals surface area contributed by atoms with Crippen LogP contribution in [0.3, 0.4) is 0 Å². The molecule has 6 heteroatoms. The van der Waals surface area contributed by atoms with E-state index in [1.165, 1.54) is 4.52 Å². The highest BCUT2D eigenvalue weighted by molar-refractivity contribution is 9.10. The summed E-state index contributed by atoms with van der Waals surface area (Å²) in [5, 5.41) is 4.80. The van der Waals surface area contributed by atoms with Crippen LogP contribution < -0.4 is 0 Å². The lowest BCUT2D eigenvalue weighted by molar-refractivity contribution is 0.112. The van der Waals surface area contributed by atoms with Gasteiger partial charge in [0.15, 0.2) is 17.8 Å². The standard InChI is InChI=1S/C14H9BrClN3O/c1-8-10(3-2-4-11(8)15)13-17-14-12(16)5-9(7-20)6-19(14)18-13/h2-7H,1H3. The first-order chi connectivity index (χ1) is 9.60. The Morgan fingerprint density at radius 2 is 2.20 bits per heavy atom. The number of aromatic nitrogens is 3. The summed E-state index contributed by atoms with van der Waals surface area (Å²) >= 11 is 9.61. The number of fused-ring (bicyclic) bond motifs is 1. The summed E-state index contributed by atoms with van der Waals surface area (Å²) in [7, 11) is 0. The van der Waals surface area contributed by atoms with Crippen molar-refractivity contribution < 1.29 is 4.79 Å². The summed E-state index contributed by atoms with van der Waals surface area (Å²) in [6.45, 7) is 1.99. The number of carbonyl (C=O) groups excluding carboxylic acids is 1. The molecule has 0 saturated heterocycles. The molecule has 20 heavy (non-hydrogen) atoms. The van der Waals surface area contributed by atoms with Gasteiger partial charge in [-0.15, -0.1) is 5.10 Å². The molecule has 2 aromatic heterocycles. The average Bonchev–Trinajstić information content (AvgIpc) is 2.86. The molecule has 0 bridgehead atoms. The Labute approximate surface area is 128 Å². The Balaban J connectivity index is 2.25. The minimum atomic E-state index is 0.404. The van der Waals surface area contributed by atoms with Gasteiger partial charge in [-0.1, -0.05) is 39.7 Å². The molecule has 0 unspecified atom stereocenters. The Kier molecular flexibility index (Phi) is 3.31. The zero-order chi connectivity index (χ0) is 14.3. The fourth-order valence-electron chi connectivity index (χ4n) is 1.99. The summed E-state index contributed by atoms with van der Waals surface area (Å²) in [4.78, 5) is 15.3. The van der Waals surface area contributed by atoms with E-state index in [-0.39, 0.29) is 0 Å². The maximum Gasteiger partial charge on any atom is 0.182 e. The zero-order valence-electron chi connectivity index (χ0n) is 10.5. The minimum Gasteiger partial charge on any atom is -0.298 e. The van der Waals surface area contributed by atoms with Gasteiger partial charge in [-0.05, 0) is 24.6 Å². The number of carbonyl (C=O) groups is 1. The highest BCUT2D eigenvalue weighted by Gasteiger charge is 2.13. The molecular weight excluding hydrogens is 342 g/mol. The van der Waals surface area contributed by atoms with E-state index in [9.17, 15) is 4.79 Å². The molecular formula is C14H9BrClN3O. The van der Waals surface area contributed by atoms with Crippen LogP contribution in [0.4, 0.5) is 0 Å². The van der Waals surface area contributed by atoms with Crippen molar-refractivity contribution in [3.63, 3.8) is 0 Å². The van der Waals surface area contributed by atoms with Gasteiger partial charge in [0.1, 0.15) is 0 Å². The average molecular weight is 351 g/mol. The largest absolute Gasteiger partial charge is 0.298 e. The molecule has 0 fully saturated rings. The maximum atomic E-state index is 10.9. The number of hydrogen-bond acceptors (Lipinski definition) is 3. The first-order valence-electron chi connectivity index (χ1n) is 5.87. The third-order valence-electron chi connectivity index (χ3n) is 3.05. The van der Waals surface area contributed by atoms with Crippen molar-refractivity contribution in [2.45, 2.75) is 6.92 Å². The second kappa shape index (κ2) is 5.00. The van der Waals surface area contributed by atoms with Gasteiger partial charge in [0.2, 0.25) is 0 Å². The van der Waals surface area contributed by atoms with Crippen molar-refractivity contribution in [2.75, 3.05) is 0 Å². The lowest BCUT2D eigenvalue weighted by Gasteiger charge is -2.02. The molecule has 0 aliphatic heterocycles. The van der Waals surface area contributed by atoms with E-state index in [1.54, 1.807) is 12.3 Å². The fraction of sp³-hybridized carbons (Fsp3) is 0.0714. The van der Waals surface area contributed by atoms with Crippen molar-refractivity contribution in [1.82, 2.24) is 14.6 Å². The maximum absolute atomic E-state index is 10.9. The van der Waals surface area contributed by atoms with Crippen LogP contribution >= 0.6 is 27.5 Å². The number of hydrogen-bond donors (Lipinski definition) is 0. The van der Waals surface area contributed by atoms with Gasteiger partial charge in [0.25, 0.3) is 0 Å². The number of rotatable bonds is 2. The number of halogens is 2. The summed E-state index contributed by atoms with van der Waals surface area (Å²) < 4.78 is 2.52. The van der Waals surface area contributed by atoms with Gasteiger partial charge in [0.05, 0.1) is 5.02 Å². The second-order valence-corrected chi connectivity index (χ2v) is 5.62. The summed E-state index contributed by atoms with van der Waals surface area (Å²) in [5.74, 6) is 0.578. The summed E-state index contributed by atoms with van der Waals surface area (Å²) in [6, 6.07) is 7.42. The van der Waals surface area contributed by atoms with Gasteiger partial charge in [-0.2, -0.15) is 0 Å². The van der Waals surface area contributed by atoms with E-state index in [0.717, 1.165) is 21.9 Å². The van der Waals surface area contributed by atoms with E-state index in [4.69, 9.17) is 11.6 Å². The first kappa shape index (κ1) is 13.3. The number of pyridine rings is 1. The van der Waals surface area contributed by atoms with Gasteiger partial charge < -0.3 is 0 Å². The molecule has 0 aliphatic carbocycles. The number of nitrogens with zero attached hydrogens (tertiary/aromatic N) is 3. The van der Waals surface area contributed by atoms with Crippen molar-refractivity contribution in [3.05, 3.63) is 51.1 Å². The third kappa shape index (κ3) is 2.13. The van der Waals surface area contributed by atoms with Crippen LogP contribution in [0.5, 0.6) is 0 Å². The van der Waals surface area contributed by atoms with E-state index >= 15 is 0 Å². The molecule has 100 valence electrons. The van der Waals surface area contributed by atoms with Crippen LogP contribution in [0.15, 0.2) is 34.9 Å². The first-order valence-corrected chi connectivity index (χ1v) is 7.04. The molecule has 0 amide bonds. The third-order valence-corrected chi connectivity index (χ3v) is 4.19. The van der Waals surface area contributed by atoms with Gasteiger partial charge >= 0.3 is 0 Å². The molecule has 4 nitrogen and oxygen atoms in total. The van der Waals surface area contributed by atoms with Crippen LogP contribution in [0.1, 0.15) is 15.9 Å². The molecule has 1 aromatic carbocycles. The van der Waals surface area contributed by atoms with Crippen LogP contribution in [0.25, 0.3) is 17.0 Å². The summed E-state index contributed by atoms with van der Waals surface area (Å²) in [5.41, 5.74) is 2.97. The zero-order valence-corrected chi connectivity index (χ0v) is 12.8. The van der Waals surface area contributed by atoms with E-state index < -0.39 is 0 Å².